The Morgan fingerprint density at radius 2 is 2.03 bits per heavy atom. The molecule has 1 unspecified atom stereocenters. The molecule has 6 nitrogen and oxygen atoms in total. The van der Waals surface area contributed by atoms with Gasteiger partial charge in [0.1, 0.15) is 0 Å². The third-order valence-electron chi connectivity index (χ3n) is 4.76. The predicted molar refractivity (Wildman–Crippen MR) is 130 cm³/mol. The number of benzene rings is 1. The molecule has 29 heavy (non-hydrogen) atoms. The fourth-order valence-corrected chi connectivity index (χ4v) is 3.23. The van der Waals surface area contributed by atoms with Crippen LogP contribution < -0.4 is 10.6 Å². The average molecular weight is 516 g/mol. The maximum atomic E-state index is 12.1. The van der Waals surface area contributed by atoms with Gasteiger partial charge in [-0.15, -0.1) is 24.0 Å². The van der Waals surface area contributed by atoms with Crippen LogP contribution in [0.3, 0.4) is 0 Å². The van der Waals surface area contributed by atoms with Crippen LogP contribution in [0.5, 0.6) is 0 Å². The van der Waals surface area contributed by atoms with E-state index in [1.807, 2.05) is 36.9 Å². The minimum absolute atomic E-state index is 0. The predicted octanol–water partition coefficient (Wildman–Crippen LogP) is 3.41. The summed E-state index contributed by atoms with van der Waals surface area (Å²) in [6, 6.07) is 10.5. The maximum absolute atomic E-state index is 12.1. The number of amides is 1. The van der Waals surface area contributed by atoms with Crippen LogP contribution in [0.25, 0.3) is 0 Å². The van der Waals surface area contributed by atoms with E-state index in [1.165, 1.54) is 5.56 Å². The van der Waals surface area contributed by atoms with Gasteiger partial charge in [-0.1, -0.05) is 44.2 Å². The molecule has 0 radical (unpaired) electrons. The summed E-state index contributed by atoms with van der Waals surface area (Å²) in [7, 11) is 0. The number of likely N-dealkylation sites (tertiary alicyclic amines) is 1. The minimum Gasteiger partial charge on any atom is -0.377 e. The van der Waals surface area contributed by atoms with E-state index < -0.39 is 0 Å². The summed E-state index contributed by atoms with van der Waals surface area (Å²) in [6.07, 6.45) is 2.96. The number of halogens is 1. The maximum Gasteiger partial charge on any atom is 0.225 e. The van der Waals surface area contributed by atoms with E-state index >= 15 is 0 Å². The highest BCUT2D eigenvalue weighted by Crippen LogP contribution is 2.12. The summed E-state index contributed by atoms with van der Waals surface area (Å²) in [5.74, 6) is 1.14. The Morgan fingerprint density at radius 1 is 1.28 bits per heavy atom. The molecular formula is C22H37IN4O2. The Labute approximate surface area is 192 Å². The van der Waals surface area contributed by atoms with E-state index in [-0.39, 0.29) is 41.8 Å². The normalized spacial score (nSPS) is 16.6. The van der Waals surface area contributed by atoms with Gasteiger partial charge in [0.15, 0.2) is 5.96 Å². The van der Waals surface area contributed by atoms with Crippen molar-refractivity contribution >= 4 is 35.8 Å². The number of nitrogens with zero attached hydrogens (tertiary/aromatic N) is 2. The van der Waals surface area contributed by atoms with E-state index in [4.69, 9.17) is 4.74 Å². The van der Waals surface area contributed by atoms with Gasteiger partial charge in [0.05, 0.1) is 6.61 Å². The highest BCUT2D eigenvalue weighted by Gasteiger charge is 2.27. The zero-order valence-corrected chi connectivity index (χ0v) is 20.4. The lowest BCUT2D eigenvalue weighted by Crippen LogP contribution is -2.45. The van der Waals surface area contributed by atoms with E-state index in [1.54, 1.807) is 0 Å². The second-order valence-corrected chi connectivity index (χ2v) is 7.57. The summed E-state index contributed by atoms with van der Waals surface area (Å²) in [5, 5.41) is 6.78. The molecule has 1 fully saturated rings. The first-order chi connectivity index (χ1) is 13.6. The number of aliphatic imine (C=N–C) groups is 1. The molecule has 7 heteroatoms. The van der Waals surface area contributed by atoms with Gasteiger partial charge in [-0.25, -0.2) is 0 Å². The molecule has 1 aromatic rings. The van der Waals surface area contributed by atoms with E-state index in [0.717, 1.165) is 58.0 Å². The third kappa shape index (κ3) is 9.80. The van der Waals surface area contributed by atoms with Crippen molar-refractivity contribution in [3.8, 4) is 0 Å². The summed E-state index contributed by atoms with van der Waals surface area (Å²) in [4.78, 5) is 18.8. The number of ether oxygens (including phenoxy) is 1. The van der Waals surface area contributed by atoms with Gasteiger partial charge < -0.3 is 20.3 Å². The lowest BCUT2D eigenvalue weighted by molar-refractivity contribution is -0.133. The molecule has 2 N–H and O–H groups in total. The highest BCUT2D eigenvalue weighted by atomic mass is 127. The van der Waals surface area contributed by atoms with Crippen molar-refractivity contribution in [3.05, 3.63) is 35.9 Å². The fourth-order valence-electron chi connectivity index (χ4n) is 3.23. The molecule has 0 saturated carbocycles. The molecule has 1 aliphatic heterocycles. The number of hydrogen-bond donors (Lipinski definition) is 2. The van der Waals surface area contributed by atoms with Gasteiger partial charge in [-0.05, 0) is 31.7 Å². The van der Waals surface area contributed by atoms with Gasteiger partial charge in [0.2, 0.25) is 5.91 Å². The molecule has 1 aliphatic rings. The number of carbonyl (C=O) groups is 1. The Balaban J connectivity index is 0.00000420. The van der Waals surface area contributed by atoms with E-state index in [0.29, 0.717) is 6.61 Å². The molecule has 1 aromatic carbocycles. The lowest BCUT2D eigenvalue weighted by Gasteiger charge is -2.20. The van der Waals surface area contributed by atoms with Crippen molar-refractivity contribution in [1.29, 1.82) is 0 Å². The first-order valence-electron chi connectivity index (χ1n) is 10.6. The number of nitrogens with one attached hydrogen (secondary N) is 2. The molecule has 0 bridgehead atoms. The van der Waals surface area contributed by atoms with Crippen molar-refractivity contribution in [3.63, 3.8) is 0 Å². The first kappa shape index (κ1) is 25.7. The summed E-state index contributed by atoms with van der Waals surface area (Å²) >= 11 is 0. The van der Waals surface area contributed by atoms with Crippen molar-refractivity contribution < 1.29 is 9.53 Å². The van der Waals surface area contributed by atoms with Crippen LogP contribution in [0.2, 0.25) is 0 Å². The standard InChI is InChI=1S/C22H36N4O2.HI/c1-4-23-22(25-20-12-14-26(16-20)21(27)18(2)3)24-13-8-9-15-28-17-19-10-6-5-7-11-19;/h5-7,10-11,18,20H,4,8-9,12-17H2,1-3H3,(H2,23,24,25);1H. The molecule has 2 rings (SSSR count). The molecule has 1 amide bonds. The first-order valence-corrected chi connectivity index (χ1v) is 10.6. The zero-order valence-electron chi connectivity index (χ0n) is 18.0. The van der Waals surface area contributed by atoms with Gasteiger partial charge in [0, 0.05) is 44.7 Å². The van der Waals surface area contributed by atoms with Crippen LogP contribution in [0.15, 0.2) is 35.3 Å². The topological polar surface area (TPSA) is 66.0 Å². The number of carbonyl (C=O) groups excluding carboxylic acids is 1. The molecule has 0 spiro atoms. The Hall–Kier alpha value is -1.35. The summed E-state index contributed by atoms with van der Waals surface area (Å²) in [5.41, 5.74) is 1.21. The van der Waals surface area contributed by atoms with Crippen molar-refractivity contribution in [2.75, 3.05) is 32.8 Å². The van der Waals surface area contributed by atoms with Gasteiger partial charge in [-0.3, -0.25) is 9.79 Å². The zero-order chi connectivity index (χ0) is 20.2. The SMILES string of the molecule is CCNC(=NCCCCOCc1ccccc1)NC1CCN(C(=O)C(C)C)C1.I. The monoisotopic (exact) mass is 516 g/mol. The largest absolute Gasteiger partial charge is 0.377 e. The molecule has 1 heterocycles. The van der Waals surface area contributed by atoms with Crippen molar-refractivity contribution in [2.45, 2.75) is 52.7 Å². The van der Waals surface area contributed by atoms with Crippen LogP contribution in [-0.4, -0.2) is 55.6 Å². The van der Waals surface area contributed by atoms with E-state index in [9.17, 15) is 4.79 Å². The van der Waals surface area contributed by atoms with Crippen LogP contribution >= 0.6 is 24.0 Å². The smallest absolute Gasteiger partial charge is 0.225 e. The van der Waals surface area contributed by atoms with Gasteiger partial charge in [-0.2, -0.15) is 0 Å². The number of hydrogen-bond acceptors (Lipinski definition) is 3. The Morgan fingerprint density at radius 3 is 2.72 bits per heavy atom. The fraction of sp³-hybridized carbons (Fsp3) is 0.636. The van der Waals surface area contributed by atoms with Crippen molar-refractivity contribution in [2.24, 2.45) is 10.9 Å². The molecule has 1 atom stereocenters. The second kappa shape index (κ2) is 14.6. The van der Waals surface area contributed by atoms with Crippen LogP contribution in [-0.2, 0) is 16.1 Å². The van der Waals surface area contributed by atoms with Crippen LogP contribution in [0.4, 0.5) is 0 Å². The van der Waals surface area contributed by atoms with Crippen LogP contribution in [0.1, 0.15) is 45.6 Å². The third-order valence-corrected chi connectivity index (χ3v) is 4.76. The molecule has 164 valence electrons. The number of rotatable bonds is 10. The molecule has 0 aliphatic carbocycles. The average Bonchev–Trinajstić information content (AvgIpc) is 3.15. The Bertz CT molecular complexity index is 610. The Kier molecular flexibility index (Phi) is 12.9. The summed E-state index contributed by atoms with van der Waals surface area (Å²) < 4.78 is 5.72. The molecular weight excluding hydrogens is 479 g/mol. The molecule has 1 saturated heterocycles. The van der Waals surface area contributed by atoms with Crippen molar-refractivity contribution in [1.82, 2.24) is 15.5 Å². The minimum atomic E-state index is 0. The number of unbranched alkanes of at least 4 members (excludes halogenated alkanes) is 1. The molecule has 0 aromatic heterocycles. The highest BCUT2D eigenvalue weighted by molar-refractivity contribution is 14.0. The van der Waals surface area contributed by atoms with Gasteiger partial charge >= 0.3 is 0 Å². The summed E-state index contributed by atoms with van der Waals surface area (Å²) in [6.45, 7) is 10.6. The number of guanidine groups is 1. The quantitative estimate of drug-likeness (QED) is 0.217. The lowest BCUT2D eigenvalue weighted by atomic mass is 10.2. The van der Waals surface area contributed by atoms with Gasteiger partial charge in [0.25, 0.3) is 0 Å². The van der Waals surface area contributed by atoms with Crippen LogP contribution in [0, 0.1) is 5.92 Å². The van der Waals surface area contributed by atoms with E-state index in [2.05, 4.69) is 34.7 Å². The second-order valence-electron chi connectivity index (χ2n) is 7.57.